The first-order chi connectivity index (χ1) is 10.6. The molecule has 0 saturated heterocycles. The zero-order valence-corrected chi connectivity index (χ0v) is 14.1. The van der Waals surface area contributed by atoms with Gasteiger partial charge in [0.15, 0.2) is 11.5 Å². The van der Waals surface area contributed by atoms with E-state index >= 15 is 0 Å². The number of carbonyl (C=O) groups excluding carboxylic acids is 1. The fourth-order valence-corrected chi connectivity index (χ4v) is 2.46. The van der Waals surface area contributed by atoms with Crippen molar-refractivity contribution in [1.29, 1.82) is 0 Å². The summed E-state index contributed by atoms with van der Waals surface area (Å²) in [6.07, 6.45) is 0.761. The van der Waals surface area contributed by atoms with E-state index < -0.39 is 0 Å². The molecule has 2 aromatic carbocycles. The molecule has 0 aliphatic heterocycles. The van der Waals surface area contributed by atoms with Gasteiger partial charge in [0.05, 0.1) is 11.6 Å². The van der Waals surface area contributed by atoms with E-state index in [1.807, 2.05) is 31.2 Å². The van der Waals surface area contributed by atoms with Crippen LogP contribution in [0.2, 0.25) is 0 Å². The molecule has 0 aromatic heterocycles. The quantitative estimate of drug-likeness (QED) is 0.549. The summed E-state index contributed by atoms with van der Waals surface area (Å²) in [7, 11) is 1.53. The Labute approximate surface area is 138 Å². The SMILES string of the molecule is COc1cc(C=O)cc(Br)c1OCCOc1ccc(C)cc1. The lowest BCUT2D eigenvalue weighted by Gasteiger charge is -2.13. The van der Waals surface area contributed by atoms with Crippen molar-refractivity contribution >= 4 is 22.2 Å². The molecule has 0 bridgehead atoms. The fourth-order valence-electron chi connectivity index (χ4n) is 1.89. The molecule has 2 aromatic rings. The van der Waals surface area contributed by atoms with Crippen molar-refractivity contribution in [3.63, 3.8) is 0 Å². The van der Waals surface area contributed by atoms with Gasteiger partial charge in [0.25, 0.3) is 0 Å². The smallest absolute Gasteiger partial charge is 0.175 e. The number of benzene rings is 2. The van der Waals surface area contributed by atoms with E-state index in [0.29, 0.717) is 34.7 Å². The maximum Gasteiger partial charge on any atom is 0.175 e. The van der Waals surface area contributed by atoms with Crippen LogP contribution in [-0.4, -0.2) is 26.6 Å². The van der Waals surface area contributed by atoms with Crippen molar-refractivity contribution in [1.82, 2.24) is 0 Å². The van der Waals surface area contributed by atoms with Gasteiger partial charge < -0.3 is 14.2 Å². The molecular formula is C17H17BrO4. The zero-order chi connectivity index (χ0) is 15.9. The predicted octanol–water partition coefficient (Wildman–Crippen LogP) is 4.04. The second kappa shape index (κ2) is 7.84. The third kappa shape index (κ3) is 4.24. The number of ether oxygens (including phenoxy) is 3. The summed E-state index contributed by atoms with van der Waals surface area (Å²) in [4.78, 5) is 10.8. The first kappa shape index (κ1) is 16.4. The van der Waals surface area contributed by atoms with Crippen LogP contribution in [0, 0.1) is 6.92 Å². The van der Waals surface area contributed by atoms with Crippen LogP contribution >= 0.6 is 15.9 Å². The van der Waals surface area contributed by atoms with Crippen LogP contribution < -0.4 is 14.2 Å². The summed E-state index contributed by atoms with van der Waals surface area (Å²) < 4.78 is 17.2. The molecule has 2 rings (SSSR count). The van der Waals surface area contributed by atoms with Crippen LogP contribution in [0.3, 0.4) is 0 Å². The van der Waals surface area contributed by atoms with E-state index in [0.717, 1.165) is 12.0 Å². The Morgan fingerprint density at radius 3 is 2.41 bits per heavy atom. The number of aryl methyl sites for hydroxylation is 1. The van der Waals surface area contributed by atoms with Crippen molar-refractivity contribution in [2.24, 2.45) is 0 Å². The average molecular weight is 365 g/mol. The molecule has 0 N–H and O–H groups in total. The van der Waals surface area contributed by atoms with Crippen LogP contribution in [0.4, 0.5) is 0 Å². The summed E-state index contributed by atoms with van der Waals surface area (Å²) in [5.41, 5.74) is 1.71. The van der Waals surface area contributed by atoms with Gasteiger partial charge in [0.1, 0.15) is 25.2 Å². The fraction of sp³-hybridized carbons (Fsp3) is 0.235. The van der Waals surface area contributed by atoms with Gasteiger partial charge in [-0.2, -0.15) is 0 Å². The highest BCUT2D eigenvalue weighted by molar-refractivity contribution is 9.10. The van der Waals surface area contributed by atoms with E-state index in [4.69, 9.17) is 14.2 Å². The van der Waals surface area contributed by atoms with Crippen LogP contribution in [-0.2, 0) is 0 Å². The Bertz CT molecular complexity index is 638. The highest BCUT2D eigenvalue weighted by atomic mass is 79.9. The number of hydrogen-bond acceptors (Lipinski definition) is 4. The van der Waals surface area contributed by atoms with Crippen LogP contribution in [0.15, 0.2) is 40.9 Å². The van der Waals surface area contributed by atoms with Gasteiger partial charge in [-0.25, -0.2) is 0 Å². The monoisotopic (exact) mass is 364 g/mol. The van der Waals surface area contributed by atoms with Gasteiger partial charge in [-0.15, -0.1) is 0 Å². The molecule has 0 saturated carbocycles. The van der Waals surface area contributed by atoms with Gasteiger partial charge in [-0.05, 0) is 47.1 Å². The third-order valence-electron chi connectivity index (χ3n) is 3.01. The predicted molar refractivity (Wildman–Crippen MR) is 88.3 cm³/mol. The minimum atomic E-state index is 0.364. The standard InChI is InChI=1S/C17H17BrO4/c1-12-3-5-14(6-4-12)21-7-8-22-17-15(18)9-13(11-19)10-16(17)20-2/h3-6,9-11H,7-8H2,1-2H3. The minimum Gasteiger partial charge on any atom is -0.493 e. The highest BCUT2D eigenvalue weighted by Gasteiger charge is 2.11. The molecule has 5 heteroatoms. The highest BCUT2D eigenvalue weighted by Crippen LogP contribution is 2.36. The van der Waals surface area contributed by atoms with Crippen molar-refractivity contribution in [3.05, 3.63) is 52.0 Å². The Morgan fingerprint density at radius 1 is 1.09 bits per heavy atom. The second-order valence-electron chi connectivity index (χ2n) is 4.66. The van der Waals surface area contributed by atoms with E-state index in [2.05, 4.69) is 15.9 Å². The molecular weight excluding hydrogens is 348 g/mol. The third-order valence-corrected chi connectivity index (χ3v) is 3.60. The van der Waals surface area contributed by atoms with Crippen molar-refractivity contribution in [2.75, 3.05) is 20.3 Å². The summed E-state index contributed by atoms with van der Waals surface area (Å²) in [6, 6.07) is 11.1. The molecule has 22 heavy (non-hydrogen) atoms. The molecule has 0 aliphatic rings. The molecule has 0 amide bonds. The van der Waals surface area contributed by atoms with Gasteiger partial charge in [-0.3, -0.25) is 4.79 Å². The topological polar surface area (TPSA) is 44.8 Å². The lowest BCUT2D eigenvalue weighted by Crippen LogP contribution is -2.10. The lowest BCUT2D eigenvalue weighted by molar-refractivity contribution is 0.112. The summed E-state index contributed by atoms with van der Waals surface area (Å²) >= 11 is 3.38. The molecule has 0 unspecified atom stereocenters. The number of halogens is 1. The maximum absolute atomic E-state index is 10.8. The number of hydrogen-bond donors (Lipinski definition) is 0. The molecule has 0 aliphatic carbocycles. The van der Waals surface area contributed by atoms with Crippen molar-refractivity contribution in [3.8, 4) is 17.2 Å². The van der Waals surface area contributed by atoms with E-state index in [1.165, 1.54) is 12.7 Å². The number of aldehydes is 1. The van der Waals surface area contributed by atoms with E-state index in [-0.39, 0.29) is 0 Å². The maximum atomic E-state index is 10.8. The van der Waals surface area contributed by atoms with Crippen LogP contribution in [0.5, 0.6) is 17.2 Å². The lowest BCUT2D eigenvalue weighted by atomic mass is 10.2. The minimum absolute atomic E-state index is 0.364. The Morgan fingerprint density at radius 2 is 1.77 bits per heavy atom. The first-order valence-electron chi connectivity index (χ1n) is 6.79. The Kier molecular flexibility index (Phi) is 5.83. The van der Waals surface area contributed by atoms with Gasteiger partial charge in [-0.1, -0.05) is 17.7 Å². The average Bonchev–Trinajstić information content (AvgIpc) is 2.53. The Balaban J connectivity index is 1.94. The number of carbonyl (C=O) groups is 1. The first-order valence-corrected chi connectivity index (χ1v) is 7.58. The number of methoxy groups -OCH3 is 1. The molecule has 0 heterocycles. The largest absolute Gasteiger partial charge is 0.493 e. The molecule has 0 radical (unpaired) electrons. The Hall–Kier alpha value is -2.01. The van der Waals surface area contributed by atoms with Crippen molar-refractivity contribution < 1.29 is 19.0 Å². The van der Waals surface area contributed by atoms with Crippen molar-refractivity contribution in [2.45, 2.75) is 6.92 Å². The van der Waals surface area contributed by atoms with Gasteiger partial charge in [0.2, 0.25) is 0 Å². The van der Waals surface area contributed by atoms with E-state index in [1.54, 1.807) is 12.1 Å². The number of rotatable bonds is 7. The molecule has 0 atom stereocenters. The molecule has 4 nitrogen and oxygen atoms in total. The zero-order valence-electron chi connectivity index (χ0n) is 12.5. The summed E-state index contributed by atoms with van der Waals surface area (Å²) in [5.74, 6) is 1.86. The van der Waals surface area contributed by atoms with E-state index in [9.17, 15) is 4.79 Å². The van der Waals surface area contributed by atoms with Gasteiger partial charge >= 0.3 is 0 Å². The van der Waals surface area contributed by atoms with Gasteiger partial charge in [0, 0.05) is 5.56 Å². The normalized spacial score (nSPS) is 10.1. The second-order valence-corrected chi connectivity index (χ2v) is 5.52. The molecule has 116 valence electrons. The molecule has 0 fully saturated rings. The summed E-state index contributed by atoms with van der Waals surface area (Å²) in [5, 5.41) is 0. The summed E-state index contributed by atoms with van der Waals surface area (Å²) in [6.45, 7) is 2.80. The molecule has 0 spiro atoms. The van der Waals surface area contributed by atoms with Crippen LogP contribution in [0.25, 0.3) is 0 Å². The van der Waals surface area contributed by atoms with Crippen LogP contribution in [0.1, 0.15) is 15.9 Å².